The van der Waals surface area contributed by atoms with Gasteiger partial charge in [0.15, 0.2) is 0 Å². The van der Waals surface area contributed by atoms with Crippen LogP contribution in [0, 0.1) is 0 Å². The Kier molecular flexibility index (Phi) is 1.89. The summed E-state index contributed by atoms with van der Waals surface area (Å²) in [6.07, 6.45) is 0.989. The number of nitrogens with one attached hydrogen (secondary N) is 1. The van der Waals surface area contributed by atoms with Gasteiger partial charge in [-0.3, -0.25) is 4.79 Å². The minimum absolute atomic E-state index is 0.0410. The quantitative estimate of drug-likeness (QED) is 0.703. The standard InChI is InChI=1S/C11H11NO/c1-2-8-4-3-5-10-9(8)6-7-11(13)12-10/h3-7H,2H2,1H3,(H,12,13). The Morgan fingerprint density at radius 1 is 1.23 bits per heavy atom. The second-order valence-corrected chi connectivity index (χ2v) is 3.05. The second-order valence-electron chi connectivity index (χ2n) is 3.05. The van der Waals surface area contributed by atoms with Crippen LogP contribution in [0.5, 0.6) is 0 Å². The third-order valence-corrected chi connectivity index (χ3v) is 2.24. The van der Waals surface area contributed by atoms with Crippen molar-refractivity contribution >= 4 is 10.9 Å². The highest BCUT2D eigenvalue weighted by Gasteiger charge is 1.97. The van der Waals surface area contributed by atoms with Crippen LogP contribution < -0.4 is 5.56 Å². The normalized spacial score (nSPS) is 10.5. The van der Waals surface area contributed by atoms with Gasteiger partial charge in [-0.1, -0.05) is 19.1 Å². The van der Waals surface area contributed by atoms with Gasteiger partial charge in [-0.2, -0.15) is 0 Å². The smallest absolute Gasteiger partial charge is 0.248 e. The number of aromatic nitrogens is 1. The lowest BCUT2D eigenvalue weighted by Crippen LogP contribution is -2.02. The van der Waals surface area contributed by atoms with E-state index in [2.05, 4.69) is 18.0 Å². The van der Waals surface area contributed by atoms with E-state index in [4.69, 9.17) is 0 Å². The lowest BCUT2D eigenvalue weighted by molar-refractivity contribution is 1.15. The molecule has 0 aliphatic rings. The van der Waals surface area contributed by atoms with Crippen molar-refractivity contribution < 1.29 is 0 Å². The molecule has 0 saturated carbocycles. The average Bonchev–Trinajstić information content (AvgIpc) is 2.16. The number of fused-ring (bicyclic) bond motifs is 1. The van der Waals surface area contributed by atoms with Gasteiger partial charge in [-0.15, -0.1) is 0 Å². The van der Waals surface area contributed by atoms with Gasteiger partial charge in [0, 0.05) is 17.0 Å². The number of H-pyrrole nitrogens is 1. The van der Waals surface area contributed by atoms with Crippen LogP contribution in [0.15, 0.2) is 35.1 Å². The van der Waals surface area contributed by atoms with E-state index in [-0.39, 0.29) is 5.56 Å². The van der Waals surface area contributed by atoms with Crippen LogP contribution in [-0.2, 0) is 6.42 Å². The number of rotatable bonds is 1. The number of aromatic amines is 1. The van der Waals surface area contributed by atoms with Crippen LogP contribution in [0.1, 0.15) is 12.5 Å². The maximum atomic E-state index is 11.0. The van der Waals surface area contributed by atoms with Crippen molar-refractivity contribution in [1.29, 1.82) is 0 Å². The molecular weight excluding hydrogens is 162 g/mol. The van der Waals surface area contributed by atoms with Crippen molar-refractivity contribution in [3.05, 3.63) is 46.2 Å². The van der Waals surface area contributed by atoms with Crippen LogP contribution in [-0.4, -0.2) is 4.98 Å². The predicted octanol–water partition coefficient (Wildman–Crippen LogP) is 2.09. The van der Waals surface area contributed by atoms with E-state index >= 15 is 0 Å². The first-order valence-corrected chi connectivity index (χ1v) is 4.42. The van der Waals surface area contributed by atoms with Gasteiger partial charge < -0.3 is 4.98 Å². The molecule has 1 N–H and O–H groups in total. The molecule has 2 nitrogen and oxygen atoms in total. The molecule has 1 aromatic heterocycles. The van der Waals surface area contributed by atoms with Crippen molar-refractivity contribution in [2.75, 3.05) is 0 Å². The summed E-state index contributed by atoms with van der Waals surface area (Å²) in [7, 11) is 0. The molecule has 0 aliphatic heterocycles. The fraction of sp³-hybridized carbons (Fsp3) is 0.182. The van der Waals surface area contributed by atoms with E-state index in [9.17, 15) is 4.79 Å². The third kappa shape index (κ3) is 1.35. The molecule has 0 spiro atoms. The second kappa shape index (κ2) is 3.05. The van der Waals surface area contributed by atoms with E-state index < -0.39 is 0 Å². The van der Waals surface area contributed by atoms with Crippen molar-refractivity contribution in [3.63, 3.8) is 0 Å². The monoisotopic (exact) mass is 173 g/mol. The number of benzene rings is 1. The Hall–Kier alpha value is -1.57. The molecule has 0 fully saturated rings. The Labute approximate surface area is 76.2 Å². The summed E-state index contributed by atoms with van der Waals surface area (Å²) in [4.78, 5) is 13.8. The SMILES string of the molecule is CCc1cccc2[nH]c(=O)ccc12. The molecule has 0 aliphatic carbocycles. The maximum Gasteiger partial charge on any atom is 0.248 e. The first-order chi connectivity index (χ1) is 6.31. The highest BCUT2D eigenvalue weighted by molar-refractivity contribution is 5.81. The fourth-order valence-electron chi connectivity index (χ4n) is 1.56. The summed E-state index contributed by atoms with van der Waals surface area (Å²) in [6, 6.07) is 9.43. The molecule has 0 amide bonds. The van der Waals surface area contributed by atoms with E-state index in [1.807, 2.05) is 18.2 Å². The van der Waals surface area contributed by atoms with Gasteiger partial charge >= 0.3 is 0 Å². The van der Waals surface area contributed by atoms with Crippen molar-refractivity contribution in [3.8, 4) is 0 Å². The summed E-state index contributed by atoms with van der Waals surface area (Å²) < 4.78 is 0. The van der Waals surface area contributed by atoms with E-state index in [0.717, 1.165) is 17.3 Å². The van der Waals surface area contributed by atoms with E-state index in [1.165, 1.54) is 5.56 Å². The molecule has 0 radical (unpaired) electrons. The Morgan fingerprint density at radius 3 is 2.85 bits per heavy atom. The van der Waals surface area contributed by atoms with Crippen molar-refractivity contribution in [2.24, 2.45) is 0 Å². The Balaban J connectivity index is 2.85. The van der Waals surface area contributed by atoms with Crippen LogP contribution in [0.25, 0.3) is 10.9 Å². The predicted molar refractivity (Wildman–Crippen MR) is 53.9 cm³/mol. The summed E-state index contributed by atoms with van der Waals surface area (Å²) in [5.41, 5.74) is 2.15. The van der Waals surface area contributed by atoms with Gasteiger partial charge in [0.2, 0.25) is 5.56 Å². The molecule has 13 heavy (non-hydrogen) atoms. The minimum Gasteiger partial charge on any atom is -0.322 e. The Morgan fingerprint density at radius 2 is 2.08 bits per heavy atom. The van der Waals surface area contributed by atoms with Crippen LogP contribution >= 0.6 is 0 Å². The molecule has 0 bridgehead atoms. The van der Waals surface area contributed by atoms with Gasteiger partial charge in [0.25, 0.3) is 0 Å². The zero-order valence-corrected chi connectivity index (χ0v) is 7.50. The van der Waals surface area contributed by atoms with Crippen LogP contribution in [0.2, 0.25) is 0 Å². The summed E-state index contributed by atoms with van der Waals surface area (Å²) in [5, 5.41) is 1.14. The largest absolute Gasteiger partial charge is 0.322 e. The minimum atomic E-state index is -0.0410. The highest BCUT2D eigenvalue weighted by Crippen LogP contribution is 2.15. The fourth-order valence-corrected chi connectivity index (χ4v) is 1.56. The van der Waals surface area contributed by atoms with Crippen molar-refractivity contribution in [2.45, 2.75) is 13.3 Å². The summed E-state index contributed by atoms with van der Waals surface area (Å²) >= 11 is 0. The summed E-state index contributed by atoms with van der Waals surface area (Å²) in [6.45, 7) is 2.11. The first kappa shape index (κ1) is 8.05. The highest BCUT2D eigenvalue weighted by atomic mass is 16.1. The molecule has 0 unspecified atom stereocenters. The molecule has 1 heterocycles. The summed E-state index contributed by atoms with van der Waals surface area (Å²) in [5.74, 6) is 0. The lowest BCUT2D eigenvalue weighted by Gasteiger charge is -2.02. The Bertz CT molecular complexity index is 485. The van der Waals surface area contributed by atoms with Crippen LogP contribution in [0.4, 0.5) is 0 Å². The first-order valence-electron chi connectivity index (χ1n) is 4.42. The van der Waals surface area contributed by atoms with Gasteiger partial charge in [-0.05, 0) is 24.1 Å². The maximum absolute atomic E-state index is 11.0. The zero-order valence-electron chi connectivity index (χ0n) is 7.50. The van der Waals surface area contributed by atoms with Gasteiger partial charge in [0.05, 0.1) is 0 Å². The van der Waals surface area contributed by atoms with Crippen LogP contribution in [0.3, 0.4) is 0 Å². The molecule has 2 aromatic rings. The van der Waals surface area contributed by atoms with E-state index in [1.54, 1.807) is 6.07 Å². The number of hydrogen-bond acceptors (Lipinski definition) is 1. The van der Waals surface area contributed by atoms with Gasteiger partial charge in [-0.25, -0.2) is 0 Å². The van der Waals surface area contributed by atoms with Crippen molar-refractivity contribution in [1.82, 2.24) is 4.98 Å². The third-order valence-electron chi connectivity index (χ3n) is 2.24. The average molecular weight is 173 g/mol. The number of aryl methyl sites for hydroxylation is 1. The van der Waals surface area contributed by atoms with Gasteiger partial charge in [0.1, 0.15) is 0 Å². The number of pyridine rings is 1. The molecule has 2 heteroatoms. The molecule has 66 valence electrons. The molecular formula is C11H11NO. The molecule has 0 atom stereocenters. The van der Waals surface area contributed by atoms with E-state index in [0.29, 0.717) is 0 Å². The molecule has 1 aromatic carbocycles. The molecule has 0 saturated heterocycles. The number of hydrogen-bond donors (Lipinski definition) is 1. The molecule has 2 rings (SSSR count). The zero-order chi connectivity index (χ0) is 9.26. The lowest BCUT2D eigenvalue weighted by atomic mass is 10.1. The topological polar surface area (TPSA) is 32.9 Å².